The monoisotopic (exact) mass is 303 g/mol. The Balaban J connectivity index is 1.94. The summed E-state index contributed by atoms with van der Waals surface area (Å²) in [5.74, 6) is -2.21. The highest BCUT2D eigenvalue weighted by Gasteiger charge is 2.40. The largest absolute Gasteiger partial charge is 0.427 e. The third-order valence-corrected chi connectivity index (χ3v) is 3.81. The number of rotatable bonds is 2. The number of hydrogen-bond donors (Lipinski definition) is 0. The summed E-state index contributed by atoms with van der Waals surface area (Å²) in [5, 5.41) is 0. The minimum atomic E-state index is -0.778. The molecule has 0 radical (unpaired) electrons. The fourth-order valence-electron chi connectivity index (χ4n) is 2.86. The van der Waals surface area contributed by atoms with E-state index in [2.05, 4.69) is 0 Å². The van der Waals surface area contributed by atoms with Crippen LogP contribution in [-0.4, -0.2) is 17.8 Å². The number of anilines is 1. The van der Waals surface area contributed by atoms with Crippen molar-refractivity contribution in [2.75, 3.05) is 4.90 Å². The van der Waals surface area contributed by atoms with Gasteiger partial charge in [-0.25, -0.2) is 9.29 Å². The second kappa shape index (κ2) is 5.36. The lowest BCUT2D eigenvalue weighted by atomic mass is 9.93. The lowest BCUT2D eigenvalue weighted by Gasteiger charge is -2.16. The van der Waals surface area contributed by atoms with E-state index < -0.39 is 23.6 Å². The Morgan fingerprint density at radius 2 is 1.73 bits per heavy atom. The predicted molar refractivity (Wildman–Crippen MR) is 75.7 cm³/mol. The van der Waals surface area contributed by atoms with Gasteiger partial charge in [-0.3, -0.25) is 14.4 Å². The molecule has 0 saturated carbocycles. The number of halogens is 1. The van der Waals surface area contributed by atoms with Crippen LogP contribution in [0.5, 0.6) is 5.75 Å². The highest BCUT2D eigenvalue weighted by atomic mass is 19.1. The van der Waals surface area contributed by atoms with Gasteiger partial charge in [0.05, 0.1) is 5.69 Å². The molecule has 0 N–H and O–H groups in total. The van der Waals surface area contributed by atoms with Crippen LogP contribution >= 0.6 is 0 Å². The molecule has 22 heavy (non-hydrogen) atoms. The lowest BCUT2D eigenvalue weighted by molar-refractivity contribution is -0.132. The Hall–Kier alpha value is -2.50. The van der Waals surface area contributed by atoms with E-state index in [0.29, 0.717) is 24.0 Å². The smallest absolute Gasteiger partial charge is 0.308 e. The Bertz CT molecular complexity index is 695. The zero-order valence-corrected chi connectivity index (χ0v) is 12.0. The van der Waals surface area contributed by atoms with Crippen molar-refractivity contribution >= 4 is 23.5 Å². The van der Waals surface area contributed by atoms with Crippen molar-refractivity contribution in [3.63, 3.8) is 0 Å². The first-order valence-electron chi connectivity index (χ1n) is 7.08. The van der Waals surface area contributed by atoms with Gasteiger partial charge < -0.3 is 4.74 Å². The molecule has 3 rings (SSSR count). The van der Waals surface area contributed by atoms with Crippen molar-refractivity contribution in [3.05, 3.63) is 35.2 Å². The van der Waals surface area contributed by atoms with Gasteiger partial charge in [0.25, 0.3) is 11.8 Å². The number of carbonyl (C=O) groups is 3. The molecule has 114 valence electrons. The summed E-state index contributed by atoms with van der Waals surface area (Å²) >= 11 is 0. The minimum Gasteiger partial charge on any atom is -0.427 e. The standard InChI is InChI=1S/C16H14FNO4/c1-9(19)22-10-6-7-14(13(17)8-10)18-15(20)11-4-2-3-5-12(11)16(18)21/h6-8H,2-5H2,1H3. The molecule has 0 aromatic heterocycles. The van der Waals surface area contributed by atoms with Crippen LogP contribution in [0.2, 0.25) is 0 Å². The van der Waals surface area contributed by atoms with Crippen LogP contribution in [0.25, 0.3) is 0 Å². The topological polar surface area (TPSA) is 63.7 Å². The number of hydrogen-bond acceptors (Lipinski definition) is 4. The Morgan fingerprint density at radius 3 is 2.23 bits per heavy atom. The molecule has 1 aliphatic carbocycles. The number of esters is 1. The fraction of sp³-hybridized carbons (Fsp3) is 0.312. The second-order valence-electron chi connectivity index (χ2n) is 5.32. The molecule has 2 aliphatic rings. The van der Waals surface area contributed by atoms with Crippen molar-refractivity contribution in [3.8, 4) is 5.75 Å². The van der Waals surface area contributed by atoms with Crippen LogP contribution in [-0.2, 0) is 14.4 Å². The van der Waals surface area contributed by atoms with E-state index in [1.54, 1.807) is 0 Å². The van der Waals surface area contributed by atoms with Gasteiger partial charge in [0.15, 0.2) is 5.82 Å². The molecule has 0 spiro atoms. The molecule has 0 atom stereocenters. The summed E-state index contributed by atoms with van der Waals surface area (Å²) in [7, 11) is 0. The number of amides is 2. The average Bonchev–Trinajstić information content (AvgIpc) is 2.72. The summed E-state index contributed by atoms with van der Waals surface area (Å²) in [6, 6.07) is 3.63. The third kappa shape index (κ3) is 2.30. The van der Waals surface area contributed by atoms with Crippen LogP contribution in [0.15, 0.2) is 29.3 Å². The van der Waals surface area contributed by atoms with E-state index in [1.807, 2.05) is 0 Å². The van der Waals surface area contributed by atoms with Crippen LogP contribution < -0.4 is 9.64 Å². The summed E-state index contributed by atoms with van der Waals surface area (Å²) < 4.78 is 19.0. The van der Waals surface area contributed by atoms with Gasteiger partial charge in [-0.15, -0.1) is 0 Å². The van der Waals surface area contributed by atoms with Crippen LogP contribution in [0, 0.1) is 5.82 Å². The molecule has 0 fully saturated rings. The Morgan fingerprint density at radius 1 is 1.14 bits per heavy atom. The van der Waals surface area contributed by atoms with E-state index in [1.165, 1.54) is 19.1 Å². The molecule has 5 nitrogen and oxygen atoms in total. The zero-order chi connectivity index (χ0) is 15.9. The number of ether oxygens (including phenoxy) is 1. The molecule has 1 heterocycles. The summed E-state index contributed by atoms with van der Waals surface area (Å²) in [5.41, 5.74) is 0.889. The number of carbonyl (C=O) groups excluding carboxylic acids is 3. The van der Waals surface area contributed by atoms with E-state index in [-0.39, 0.29) is 11.4 Å². The van der Waals surface area contributed by atoms with Crippen LogP contribution in [0.4, 0.5) is 10.1 Å². The maximum Gasteiger partial charge on any atom is 0.308 e. The molecule has 0 saturated heterocycles. The van der Waals surface area contributed by atoms with Gasteiger partial charge in [-0.2, -0.15) is 0 Å². The van der Waals surface area contributed by atoms with Crippen molar-refractivity contribution in [1.29, 1.82) is 0 Å². The molecule has 1 aromatic carbocycles. The average molecular weight is 303 g/mol. The summed E-state index contributed by atoms with van der Waals surface area (Å²) in [4.78, 5) is 36.5. The molecular weight excluding hydrogens is 289 g/mol. The van der Waals surface area contributed by atoms with Crippen molar-refractivity contribution < 1.29 is 23.5 Å². The van der Waals surface area contributed by atoms with Gasteiger partial charge in [-0.05, 0) is 37.8 Å². The van der Waals surface area contributed by atoms with E-state index in [4.69, 9.17) is 4.74 Å². The normalized spacial score (nSPS) is 17.8. The number of nitrogens with zero attached hydrogens (tertiary/aromatic N) is 1. The van der Waals surface area contributed by atoms with E-state index >= 15 is 0 Å². The molecule has 0 unspecified atom stereocenters. The van der Waals surface area contributed by atoms with Crippen molar-refractivity contribution in [2.45, 2.75) is 32.6 Å². The molecular formula is C16H14FNO4. The fourth-order valence-corrected chi connectivity index (χ4v) is 2.86. The Labute approximate surface area is 126 Å². The maximum atomic E-state index is 14.2. The van der Waals surface area contributed by atoms with Crippen LogP contribution in [0.3, 0.4) is 0 Å². The number of imide groups is 1. The highest BCUT2D eigenvalue weighted by Crippen LogP contribution is 2.37. The van der Waals surface area contributed by atoms with E-state index in [0.717, 1.165) is 23.8 Å². The number of benzene rings is 1. The first-order chi connectivity index (χ1) is 10.5. The second-order valence-corrected chi connectivity index (χ2v) is 5.32. The van der Waals surface area contributed by atoms with Gasteiger partial charge >= 0.3 is 5.97 Å². The predicted octanol–water partition coefficient (Wildman–Crippen LogP) is 2.49. The molecule has 6 heteroatoms. The maximum absolute atomic E-state index is 14.2. The summed E-state index contributed by atoms with van der Waals surface area (Å²) in [6.07, 6.45) is 2.84. The van der Waals surface area contributed by atoms with Gasteiger partial charge in [0, 0.05) is 24.1 Å². The molecule has 1 aromatic rings. The quantitative estimate of drug-likeness (QED) is 0.478. The first-order valence-corrected chi connectivity index (χ1v) is 7.08. The molecule has 2 amide bonds. The zero-order valence-electron chi connectivity index (χ0n) is 12.0. The summed E-state index contributed by atoms with van der Waals surface area (Å²) in [6.45, 7) is 1.21. The first kappa shape index (κ1) is 14.4. The Kier molecular flexibility index (Phi) is 3.52. The highest BCUT2D eigenvalue weighted by molar-refractivity contribution is 6.33. The molecule has 1 aliphatic heterocycles. The third-order valence-electron chi connectivity index (χ3n) is 3.81. The SMILES string of the molecule is CC(=O)Oc1ccc(N2C(=O)C3=C(CCCC3)C2=O)c(F)c1. The van der Waals surface area contributed by atoms with Gasteiger partial charge in [-0.1, -0.05) is 0 Å². The van der Waals surface area contributed by atoms with Crippen molar-refractivity contribution in [2.24, 2.45) is 0 Å². The van der Waals surface area contributed by atoms with E-state index in [9.17, 15) is 18.8 Å². The minimum absolute atomic E-state index is 0.0329. The van der Waals surface area contributed by atoms with Crippen LogP contribution in [0.1, 0.15) is 32.6 Å². The van der Waals surface area contributed by atoms with Crippen molar-refractivity contribution in [1.82, 2.24) is 0 Å². The van der Waals surface area contributed by atoms with Gasteiger partial charge in [0.2, 0.25) is 0 Å². The van der Waals surface area contributed by atoms with Gasteiger partial charge in [0.1, 0.15) is 5.75 Å². The molecule has 0 bridgehead atoms. The lowest BCUT2D eigenvalue weighted by Crippen LogP contribution is -2.32.